The van der Waals surface area contributed by atoms with Gasteiger partial charge in [-0.3, -0.25) is 9.36 Å². The van der Waals surface area contributed by atoms with Crippen LogP contribution in [0.4, 0.5) is 0 Å². The highest BCUT2D eigenvalue weighted by molar-refractivity contribution is 7.57. The second kappa shape index (κ2) is 9.19. The molecule has 6 heteroatoms. The first kappa shape index (κ1) is 18.1. The fourth-order valence-corrected chi connectivity index (χ4v) is 3.46. The van der Waals surface area contributed by atoms with Crippen LogP contribution in [0.1, 0.15) is 40.0 Å². The van der Waals surface area contributed by atoms with Gasteiger partial charge in [0.2, 0.25) is 5.91 Å². The van der Waals surface area contributed by atoms with Crippen LogP contribution in [0.25, 0.3) is 0 Å². The number of hydrogen-bond acceptors (Lipinski definition) is 4. The smallest absolute Gasteiger partial charge is 0.339 e. The Hall–Kier alpha value is -0.900. The molecule has 1 aliphatic heterocycles. The third kappa shape index (κ3) is 6.16. The molecular weight excluding hydrogens is 289 g/mol. The molecule has 0 unspecified atom stereocenters. The average Bonchev–Trinajstić information content (AvgIpc) is 2.47. The van der Waals surface area contributed by atoms with E-state index in [2.05, 4.69) is 0 Å². The molecule has 5 nitrogen and oxygen atoms in total. The maximum atomic E-state index is 12.2. The number of piperidine rings is 1. The van der Waals surface area contributed by atoms with Crippen molar-refractivity contribution >= 4 is 13.5 Å². The summed E-state index contributed by atoms with van der Waals surface area (Å²) < 4.78 is 22.5. The molecule has 0 aromatic carbocycles. The van der Waals surface area contributed by atoms with Gasteiger partial charge < -0.3 is 13.9 Å². The Morgan fingerprint density at radius 2 is 1.71 bits per heavy atom. The van der Waals surface area contributed by atoms with Gasteiger partial charge in [0.1, 0.15) is 0 Å². The second-order valence-corrected chi connectivity index (χ2v) is 6.81. The van der Waals surface area contributed by atoms with Gasteiger partial charge in [0.25, 0.3) is 0 Å². The van der Waals surface area contributed by atoms with E-state index in [0.29, 0.717) is 18.8 Å². The first-order valence-corrected chi connectivity index (χ1v) is 9.17. The van der Waals surface area contributed by atoms with Gasteiger partial charge >= 0.3 is 7.60 Å². The minimum atomic E-state index is -3.19. The maximum absolute atomic E-state index is 12.2. The van der Waals surface area contributed by atoms with Gasteiger partial charge in [0.05, 0.1) is 13.2 Å². The molecule has 0 bridgehead atoms. The highest BCUT2D eigenvalue weighted by Crippen LogP contribution is 2.49. The summed E-state index contributed by atoms with van der Waals surface area (Å²) in [5, 5.41) is 0. The molecule has 0 atom stereocenters. The second-order valence-electron chi connectivity index (χ2n) is 4.92. The molecule has 1 rings (SSSR count). The zero-order valence-corrected chi connectivity index (χ0v) is 14.1. The van der Waals surface area contributed by atoms with Gasteiger partial charge in [-0.1, -0.05) is 12.2 Å². The molecule has 21 heavy (non-hydrogen) atoms. The van der Waals surface area contributed by atoms with E-state index in [0.717, 1.165) is 25.9 Å². The minimum absolute atomic E-state index is 0.0435. The SMILES string of the molecule is CCOP(=O)(/C=C/C=C(/C)C(=O)N1CCCCC1)OCC. The summed E-state index contributed by atoms with van der Waals surface area (Å²) in [6.07, 6.45) is 6.58. The van der Waals surface area contributed by atoms with Crippen molar-refractivity contribution in [3.63, 3.8) is 0 Å². The molecule has 0 saturated carbocycles. The topological polar surface area (TPSA) is 55.8 Å². The Morgan fingerprint density at radius 3 is 2.24 bits per heavy atom. The van der Waals surface area contributed by atoms with Crippen LogP contribution in [0, 0.1) is 0 Å². The molecule has 0 spiro atoms. The van der Waals surface area contributed by atoms with Crippen molar-refractivity contribution in [3.8, 4) is 0 Å². The average molecular weight is 315 g/mol. The molecule has 1 amide bonds. The normalized spacial score (nSPS) is 17.5. The minimum Gasteiger partial charge on any atom is -0.339 e. The highest BCUT2D eigenvalue weighted by Gasteiger charge is 2.19. The molecule has 1 saturated heterocycles. The summed E-state index contributed by atoms with van der Waals surface area (Å²) in [7, 11) is -3.19. The van der Waals surface area contributed by atoms with Crippen molar-refractivity contribution in [1.29, 1.82) is 0 Å². The summed E-state index contributed by atoms with van der Waals surface area (Å²) in [6, 6.07) is 0. The maximum Gasteiger partial charge on any atom is 0.354 e. The lowest BCUT2D eigenvalue weighted by atomic mass is 10.1. The molecular formula is C15H26NO4P. The molecule has 0 N–H and O–H groups in total. The third-order valence-corrected chi connectivity index (χ3v) is 4.99. The van der Waals surface area contributed by atoms with E-state index in [-0.39, 0.29) is 5.91 Å². The van der Waals surface area contributed by atoms with Crippen LogP contribution in [-0.4, -0.2) is 37.1 Å². The van der Waals surface area contributed by atoms with Crippen molar-refractivity contribution in [2.24, 2.45) is 0 Å². The molecule has 1 aliphatic rings. The molecule has 1 heterocycles. The quantitative estimate of drug-likeness (QED) is 0.408. The van der Waals surface area contributed by atoms with Crippen molar-refractivity contribution in [1.82, 2.24) is 4.90 Å². The van der Waals surface area contributed by atoms with Crippen LogP contribution >= 0.6 is 7.60 Å². The fraction of sp³-hybridized carbons (Fsp3) is 0.667. The molecule has 0 radical (unpaired) electrons. The number of nitrogens with zero attached hydrogens (tertiary/aromatic N) is 1. The number of amides is 1. The van der Waals surface area contributed by atoms with Crippen LogP contribution in [0.2, 0.25) is 0 Å². The number of likely N-dealkylation sites (tertiary alicyclic amines) is 1. The summed E-state index contributed by atoms with van der Waals surface area (Å²) in [5.41, 5.74) is 0.632. The number of hydrogen-bond donors (Lipinski definition) is 0. The summed E-state index contributed by atoms with van der Waals surface area (Å²) in [4.78, 5) is 14.1. The van der Waals surface area contributed by atoms with Crippen LogP contribution < -0.4 is 0 Å². The number of carbonyl (C=O) groups excluding carboxylic acids is 1. The summed E-state index contributed by atoms with van der Waals surface area (Å²) in [6.45, 7) is 7.58. The van der Waals surface area contributed by atoms with Crippen molar-refractivity contribution in [2.45, 2.75) is 40.0 Å². The van der Waals surface area contributed by atoms with Crippen molar-refractivity contribution < 1.29 is 18.4 Å². The lowest BCUT2D eigenvalue weighted by Gasteiger charge is -2.26. The van der Waals surface area contributed by atoms with Gasteiger partial charge in [-0.15, -0.1) is 0 Å². The first-order chi connectivity index (χ1) is 10.0. The van der Waals surface area contributed by atoms with Crippen LogP contribution in [-0.2, 0) is 18.4 Å². The highest BCUT2D eigenvalue weighted by atomic mass is 31.2. The Bertz CT molecular complexity index is 429. The van der Waals surface area contributed by atoms with Crippen LogP contribution in [0.15, 0.2) is 23.5 Å². The number of allylic oxidation sites excluding steroid dienone is 2. The van der Waals surface area contributed by atoms with E-state index in [1.54, 1.807) is 32.9 Å². The lowest BCUT2D eigenvalue weighted by Crippen LogP contribution is -2.36. The van der Waals surface area contributed by atoms with E-state index in [4.69, 9.17) is 9.05 Å². The predicted molar refractivity (Wildman–Crippen MR) is 84.2 cm³/mol. The van der Waals surface area contributed by atoms with Gasteiger partial charge in [-0.2, -0.15) is 0 Å². The van der Waals surface area contributed by atoms with Crippen molar-refractivity contribution in [2.75, 3.05) is 26.3 Å². The molecule has 0 aromatic rings. The van der Waals surface area contributed by atoms with Gasteiger partial charge in [0, 0.05) is 24.5 Å². The molecule has 0 aromatic heterocycles. The fourth-order valence-electron chi connectivity index (χ4n) is 2.19. The third-order valence-electron chi connectivity index (χ3n) is 3.21. The molecule has 0 aliphatic carbocycles. The van der Waals surface area contributed by atoms with E-state index in [1.165, 1.54) is 12.2 Å². The van der Waals surface area contributed by atoms with E-state index in [1.807, 2.05) is 4.90 Å². The van der Waals surface area contributed by atoms with Gasteiger partial charge in [0.15, 0.2) is 0 Å². The summed E-state index contributed by atoms with van der Waals surface area (Å²) >= 11 is 0. The van der Waals surface area contributed by atoms with E-state index >= 15 is 0 Å². The monoisotopic (exact) mass is 315 g/mol. The van der Waals surface area contributed by atoms with Crippen molar-refractivity contribution in [3.05, 3.63) is 23.5 Å². The largest absolute Gasteiger partial charge is 0.354 e. The van der Waals surface area contributed by atoms with E-state index in [9.17, 15) is 9.36 Å². The van der Waals surface area contributed by atoms with Crippen LogP contribution in [0.5, 0.6) is 0 Å². The number of carbonyl (C=O) groups is 1. The zero-order chi connectivity index (χ0) is 15.7. The zero-order valence-electron chi connectivity index (χ0n) is 13.2. The molecule has 120 valence electrons. The first-order valence-electron chi connectivity index (χ1n) is 7.56. The lowest BCUT2D eigenvalue weighted by molar-refractivity contribution is -0.127. The van der Waals surface area contributed by atoms with E-state index < -0.39 is 7.60 Å². The standard InChI is InChI=1S/C15H26NO4P/c1-4-19-21(18,20-5-2)13-9-10-14(3)15(17)16-11-7-6-8-12-16/h9-10,13H,4-8,11-12H2,1-3H3/b13-9+,14-10-. The number of rotatable bonds is 7. The Labute approximate surface area is 127 Å². The van der Waals surface area contributed by atoms with Crippen LogP contribution in [0.3, 0.4) is 0 Å². The Kier molecular flexibility index (Phi) is 7.94. The van der Waals surface area contributed by atoms with Gasteiger partial charge in [-0.05, 0) is 40.0 Å². The molecule has 1 fully saturated rings. The summed E-state index contributed by atoms with van der Waals surface area (Å²) in [5.74, 6) is 1.45. The Morgan fingerprint density at radius 1 is 1.14 bits per heavy atom. The predicted octanol–water partition coefficient (Wildman–Crippen LogP) is 3.73. The van der Waals surface area contributed by atoms with Gasteiger partial charge in [-0.25, -0.2) is 0 Å². The Balaban J connectivity index is 2.65.